The number of rotatable bonds is 6. The summed E-state index contributed by atoms with van der Waals surface area (Å²) in [5, 5.41) is 20.5. The maximum atomic E-state index is 13.4. The van der Waals surface area contributed by atoms with Crippen LogP contribution in [0.5, 0.6) is 0 Å². The fourth-order valence-corrected chi connectivity index (χ4v) is 3.44. The minimum absolute atomic E-state index is 0.0352. The number of pyridine rings is 1. The molecule has 0 fully saturated rings. The lowest BCUT2D eigenvalue weighted by Crippen LogP contribution is -2.11. The zero-order valence-corrected chi connectivity index (χ0v) is 16.1. The van der Waals surface area contributed by atoms with Gasteiger partial charge in [0.25, 0.3) is 0 Å². The van der Waals surface area contributed by atoms with Crippen molar-refractivity contribution in [1.82, 2.24) is 14.8 Å². The molecule has 1 aliphatic rings. The zero-order chi connectivity index (χ0) is 20.2. The van der Waals surface area contributed by atoms with Crippen LogP contribution in [-0.4, -0.2) is 38.1 Å². The van der Waals surface area contributed by atoms with Gasteiger partial charge >= 0.3 is 0 Å². The number of benzene rings is 1. The molecule has 0 aliphatic carbocycles. The quantitative estimate of drug-likeness (QED) is 0.368. The number of anilines is 1. The highest BCUT2D eigenvalue weighted by molar-refractivity contribution is 6.30. The number of aromatic nitrogens is 3. The molecule has 7 nitrogen and oxygen atoms in total. The Morgan fingerprint density at radius 2 is 2.21 bits per heavy atom. The van der Waals surface area contributed by atoms with Crippen molar-refractivity contribution in [2.24, 2.45) is 10.1 Å². The molecule has 148 valence electrons. The second-order valence-corrected chi connectivity index (χ2v) is 6.96. The van der Waals surface area contributed by atoms with Gasteiger partial charge in [0, 0.05) is 42.6 Å². The number of aliphatic imine (C=N–C) groups is 1. The molecule has 4 rings (SSSR count). The van der Waals surface area contributed by atoms with Gasteiger partial charge < -0.3 is 10.5 Å². The van der Waals surface area contributed by atoms with E-state index in [0.29, 0.717) is 37.5 Å². The lowest BCUT2D eigenvalue weighted by molar-refractivity contribution is 0.318. The van der Waals surface area contributed by atoms with Crippen molar-refractivity contribution in [2.45, 2.75) is 19.4 Å². The van der Waals surface area contributed by atoms with Crippen molar-refractivity contribution in [2.75, 3.05) is 11.9 Å². The van der Waals surface area contributed by atoms with E-state index in [1.54, 1.807) is 24.5 Å². The average Bonchev–Trinajstić information content (AvgIpc) is 3.38. The molecule has 29 heavy (non-hydrogen) atoms. The van der Waals surface area contributed by atoms with Crippen LogP contribution in [0, 0.1) is 5.82 Å². The lowest BCUT2D eigenvalue weighted by Gasteiger charge is -2.09. The molecule has 2 N–H and O–H groups in total. The normalized spacial score (nSPS) is 14.8. The molecule has 0 bridgehead atoms. The standard InChI is InChI=1S/C20H18ClFN6O/c21-16-10-13(2-3-17(16)22)11-18(27-29)14-4-6-24-20-15(14)12-19(26-20)23-7-9-28-8-1-5-25-28/h1-6,8,10,29H,7,9,11-12H2,(H,23,24,26)/b27-18+. The predicted octanol–water partition coefficient (Wildman–Crippen LogP) is 3.56. The van der Waals surface area contributed by atoms with Gasteiger partial charge in [-0.2, -0.15) is 5.10 Å². The Bertz CT molecular complexity index is 1080. The number of oxime groups is 1. The topological polar surface area (TPSA) is 87.7 Å². The van der Waals surface area contributed by atoms with Gasteiger partial charge in [0.1, 0.15) is 17.5 Å². The SMILES string of the molecule is O/N=C(\Cc1ccc(F)c(Cl)c1)c1ccnc2c1CC(=NCCn1cccn1)N2. The molecule has 0 amide bonds. The van der Waals surface area contributed by atoms with E-state index in [4.69, 9.17) is 11.6 Å². The summed E-state index contributed by atoms with van der Waals surface area (Å²) in [7, 11) is 0. The molecule has 3 aromatic rings. The second-order valence-electron chi connectivity index (χ2n) is 6.56. The Balaban J connectivity index is 1.51. The molecular formula is C20H18ClFN6O. The van der Waals surface area contributed by atoms with Crippen molar-refractivity contribution < 1.29 is 9.60 Å². The first-order valence-electron chi connectivity index (χ1n) is 9.05. The Morgan fingerprint density at radius 1 is 1.31 bits per heavy atom. The van der Waals surface area contributed by atoms with Gasteiger partial charge in [0.2, 0.25) is 0 Å². The molecule has 1 aromatic carbocycles. The summed E-state index contributed by atoms with van der Waals surface area (Å²) in [5.74, 6) is 1.01. The minimum Gasteiger partial charge on any atom is -0.411 e. The van der Waals surface area contributed by atoms with Crippen LogP contribution >= 0.6 is 11.6 Å². The third kappa shape index (κ3) is 4.27. The molecule has 2 aromatic heterocycles. The van der Waals surface area contributed by atoms with Gasteiger partial charge in [-0.05, 0) is 29.8 Å². The summed E-state index contributed by atoms with van der Waals surface area (Å²) in [6.45, 7) is 1.27. The summed E-state index contributed by atoms with van der Waals surface area (Å²) in [4.78, 5) is 8.95. The number of halogens is 2. The van der Waals surface area contributed by atoms with Crippen LogP contribution in [0.3, 0.4) is 0 Å². The highest BCUT2D eigenvalue weighted by Gasteiger charge is 2.23. The Morgan fingerprint density at radius 3 is 2.97 bits per heavy atom. The van der Waals surface area contributed by atoms with E-state index < -0.39 is 5.82 Å². The maximum absolute atomic E-state index is 13.4. The predicted molar refractivity (Wildman–Crippen MR) is 110 cm³/mol. The average molecular weight is 413 g/mol. The van der Waals surface area contributed by atoms with E-state index in [0.717, 1.165) is 22.5 Å². The first kappa shape index (κ1) is 19.1. The number of hydrogen-bond acceptors (Lipinski definition) is 5. The van der Waals surface area contributed by atoms with E-state index in [1.165, 1.54) is 12.1 Å². The first-order valence-corrected chi connectivity index (χ1v) is 9.42. The third-order valence-corrected chi connectivity index (χ3v) is 4.93. The van der Waals surface area contributed by atoms with Gasteiger partial charge in [-0.1, -0.05) is 22.8 Å². The minimum atomic E-state index is -0.483. The molecule has 0 spiro atoms. The molecule has 0 unspecified atom stereocenters. The van der Waals surface area contributed by atoms with Crippen molar-refractivity contribution in [3.8, 4) is 0 Å². The number of nitrogens with zero attached hydrogens (tertiary/aromatic N) is 5. The van der Waals surface area contributed by atoms with Gasteiger partial charge in [-0.3, -0.25) is 9.67 Å². The van der Waals surface area contributed by atoms with E-state index in [2.05, 4.69) is 25.5 Å². The van der Waals surface area contributed by atoms with Crippen molar-refractivity contribution >= 4 is 29.0 Å². The fourth-order valence-electron chi connectivity index (χ4n) is 3.24. The summed E-state index contributed by atoms with van der Waals surface area (Å²) in [6, 6.07) is 8.12. The van der Waals surface area contributed by atoms with Crippen LogP contribution < -0.4 is 5.32 Å². The van der Waals surface area contributed by atoms with Crippen LogP contribution in [0.25, 0.3) is 0 Å². The Kier molecular flexibility index (Phi) is 5.53. The Hall–Kier alpha value is -3.26. The van der Waals surface area contributed by atoms with Crippen molar-refractivity contribution in [1.29, 1.82) is 0 Å². The highest BCUT2D eigenvalue weighted by atomic mass is 35.5. The summed E-state index contributed by atoms with van der Waals surface area (Å²) in [5.41, 5.74) is 2.87. The van der Waals surface area contributed by atoms with Crippen LogP contribution in [0.2, 0.25) is 5.02 Å². The number of amidine groups is 1. The van der Waals surface area contributed by atoms with Gasteiger partial charge in [0.15, 0.2) is 0 Å². The Labute approximate surface area is 171 Å². The molecule has 0 saturated carbocycles. The highest BCUT2D eigenvalue weighted by Crippen LogP contribution is 2.26. The molecule has 1 aliphatic heterocycles. The number of fused-ring (bicyclic) bond motifs is 1. The van der Waals surface area contributed by atoms with Crippen LogP contribution in [0.15, 0.2) is 59.1 Å². The molecule has 3 heterocycles. The van der Waals surface area contributed by atoms with E-state index >= 15 is 0 Å². The fraction of sp³-hybridized carbons (Fsp3) is 0.200. The van der Waals surface area contributed by atoms with Gasteiger partial charge in [0.05, 0.1) is 23.8 Å². The first-order chi connectivity index (χ1) is 14.1. The molecule has 0 saturated heterocycles. The smallest absolute Gasteiger partial charge is 0.141 e. The molecule has 0 radical (unpaired) electrons. The maximum Gasteiger partial charge on any atom is 0.141 e. The third-order valence-electron chi connectivity index (χ3n) is 4.64. The van der Waals surface area contributed by atoms with Crippen LogP contribution in [-0.2, 0) is 19.4 Å². The van der Waals surface area contributed by atoms with Crippen LogP contribution in [0.4, 0.5) is 10.2 Å². The summed E-state index contributed by atoms with van der Waals surface area (Å²) < 4.78 is 15.2. The molecular weight excluding hydrogens is 395 g/mol. The monoisotopic (exact) mass is 412 g/mol. The lowest BCUT2D eigenvalue weighted by atomic mass is 9.98. The molecule has 9 heteroatoms. The number of nitrogens with one attached hydrogen (secondary N) is 1. The van der Waals surface area contributed by atoms with Crippen LogP contribution in [0.1, 0.15) is 16.7 Å². The van der Waals surface area contributed by atoms with E-state index in [1.807, 2.05) is 16.9 Å². The van der Waals surface area contributed by atoms with Crippen molar-refractivity contribution in [3.63, 3.8) is 0 Å². The van der Waals surface area contributed by atoms with Gasteiger partial charge in [-0.15, -0.1) is 0 Å². The van der Waals surface area contributed by atoms with E-state index in [9.17, 15) is 9.60 Å². The second kappa shape index (κ2) is 8.40. The van der Waals surface area contributed by atoms with E-state index in [-0.39, 0.29) is 5.02 Å². The van der Waals surface area contributed by atoms with Crippen molar-refractivity contribution in [3.05, 3.63) is 76.5 Å². The largest absolute Gasteiger partial charge is 0.411 e. The molecule has 0 atom stereocenters. The summed E-state index contributed by atoms with van der Waals surface area (Å²) in [6.07, 6.45) is 6.13. The summed E-state index contributed by atoms with van der Waals surface area (Å²) >= 11 is 5.87. The van der Waals surface area contributed by atoms with Gasteiger partial charge in [-0.25, -0.2) is 9.37 Å². The zero-order valence-electron chi connectivity index (χ0n) is 15.4. The number of hydrogen-bond donors (Lipinski definition) is 2.